The molecule has 4 nitrogen and oxygen atoms in total. The average molecular weight is 285 g/mol. The van der Waals surface area contributed by atoms with Crippen LogP contribution >= 0.6 is 0 Å². The first-order chi connectivity index (χ1) is 9.24. The number of nitrogens with one attached hydrogen (secondary N) is 1. The highest BCUT2D eigenvalue weighted by atomic mass is 19.4. The van der Waals surface area contributed by atoms with E-state index < -0.39 is 29.9 Å². The number of hydrogen-bond donors (Lipinski definition) is 2. The molecule has 0 saturated carbocycles. The number of carbonyl (C=O) groups excluding carboxylic acids is 2. The summed E-state index contributed by atoms with van der Waals surface area (Å²) in [4.78, 5) is 23.0. The number of allylic oxidation sites excluding steroid dienone is 1. The second-order valence-electron chi connectivity index (χ2n) is 4.39. The summed E-state index contributed by atoms with van der Waals surface area (Å²) in [5, 5.41) is 11.2. The zero-order valence-corrected chi connectivity index (χ0v) is 10.1. The molecule has 1 aliphatic rings. The number of rotatable bonds is 2. The molecule has 1 atom stereocenters. The molecule has 0 aromatic heterocycles. The fraction of sp³-hybridized carbons (Fsp3) is 0.231. The van der Waals surface area contributed by atoms with E-state index >= 15 is 0 Å². The molecule has 0 spiro atoms. The minimum atomic E-state index is -5.09. The van der Waals surface area contributed by atoms with Crippen molar-refractivity contribution in [3.8, 4) is 0 Å². The van der Waals surface area contributed by atoms with Crippen molar-refractivity contribution in [2.75, 3.05) is 0 Å². The minimum absolute atomic E-state index is 0.260. The van der Waals surface area contributed by atoms with Crippen molar-refractivity contribution in [1.29, 1.82) is 0 Å². The second-order valence-corrected chi connectivity index (χ2v) is 4.39. The van der Waals surface area contributed by atoms with Crippen LogP contribution in [0.3, 0.4) is 0 Å². The van der Waals surface area contributed by atoms with E-state index in [9.17, 15) is 27.9 Å². The van der Waals surface area contributed by atoms with E-state index in [1.54, 1.807) is 18.2 Å². The van der Waals surface area contributed by atoms with Crippen LogP contribution in [0.15, 0.2) is 42.1 Å². The van der Waals surface area contributed by atoms with Gasteiger partial charge in [0.15, 0.2) is 5.78 Å². The molecular formula is C13H10F3NO3. The predicted molar refractivity (Wildman–Crippen MR) is 62.6 cm³/mol. The molecule has 2 rings (SSSR count). The molecule has 1 fully saturated rings. The van der Waals surface area contributed by atoms with Crippen LogP contribution in [0.2, 0.25) is 0 Å². The highest BCUT2D eigenvalue weighted by Crippen LogP contribution is 2.38. The van der Waals surface area contributed by atoms with Crippen LogP contribution in [0.4, 0.5) is 13.2 Å². The van der Waals surface area contributed by atoms with Gasteiger partial charge in [-0.3, -0.25) is 9.59 Å². The van der Waals surface area contributed by atoms with Gasteiger partial charge in [0.25, 0.3) is 5.91 Å². The van der Waals surface area contributed by atoms with Crippen LogP contribution in [0.1, 0.15) is 16.8 Å². The Balaban J connectivity index is 2.23. The molecule has 1 aromatic rings. The van der Waals surface area contributed by atoms with E-state index in [1.165, 1.54) is 12.1 Å². The summed E-state index contributed by atoms with van der Waals surface area (Å²) >= 11 is 0. The van der Waals surface area contributed by atoms with Crippen LogP contribution in [-0.2, 0) is 4.79 Å². The molecule has 0 bridgehead atoms. The zero-order chi connectivity index (χ0) is 15.0. The van der Waals surface area contributed by atoms with Gasteiger partial charge in [-0.25, -0.2) is 0 Å². The number of ketones is 1. The van der Waals surface area contributed by atoms with Crippen LogP contribution < -0.4 is 5.32 Å². The summed E-state index contributed by atoms with van der Waals surface area (Å²) in [5.41, 5.74) is -3.46. The standard InChI is InChI=1S/C13H10F3NO3/c14-13(15,16)12(20)7-9(17-11(12)19)6-10(18)8-4-2-1-3-5-8/h1-6,20H,7H2,(H,17,19)/b9-6-/t12-/m0/s1. The van der Waals surface area contributed by atoms with E-state index in [0.29, 0.717) is 0 Å². The number of amides is 1. The van der Waals surface area contributed by atoms with Gasteiger partial charge in [0.1, 0.15) is 0 Å². The molecular weight excluding hydrogens is 275 g/mol. The first-order valence-electron chi connectivity index (χ1n) is 5.64. The number of carbonyl (C=O) groups is 2. The lowest BCUT2D eigenvalue weighted by Crippen LogP contribution is -2.50. The summed E-state index contributed by atoms with van der Waals surface area (Å²) in [6.45, 7) is 0. The number of halogens is 3. The molecule has 1 amide bonds. The van der Waals surface area contributed by atoms with Gasteiger partial charge >= 0.3 is 6.18 Å². The van der Waals surface area contributed by atoms with Gasteiger partial charge in [-0.1, -0.05) is 30.3 Å². The Morgan fingerprint density at radius 1 is 1.30 bits per heavy atom. The maximum Gasteiger partial charge on any atom is 0.426 e. The predicted octanol–water partition coefficient (Wildman–Crippen LogP) is 1.57. The Labute approximate surface area is 111 Å². The summed E-state index contributed by atoms with van der Waals surface area (Å²) in [5.74, 6) is -2.12. The van der Waals surface area contributed by atoms with Gasteiger partial charge in [0, 0.05) is 23.8 Å². The van der Waals surface area contributed by atoms with Crippen molar-refractivity contribution in [1.82, 2.24) is 5.32 Å². The highest BCUT2D eigenvalue weighted by Gasteiger charge is 2.62. The molecule has 20 heavy (non-hydrogen) atoms. The maximum atomic E-state index is 12.6. The molecule has 1 aromatic carbocycles. The van der Waals surface area contributed by atoms with Crippen molar-refractivity contribution in [3.63, 3.8) is 0 Å². The van der Waals surface area contributed by atoms with Crippen LogP contribution in [-0.4, -0.2) is 28.6 Å². The topological polar surface area (TPSA) is 66.4 Å². The molecule has 0 aliphatic carbocycles. The lowest BCUT2D eigenvalue weighted by Gasteiger charge is -2.21. The van der Waals surface area contributed by atoms with Gasteiger partial charge < -0.3 is 10.4 Å². The molecule has 7 heteroatoms. The molecule has 0 unspecified atom stereocenters. The quantitative estimate of drug-likeness (QED) is 0.640. The molecule has 106 valence electrons. The van der Waals surface area contributed by atoms with E-state index in [0.717, 1.165) is 6.08 Å². The monoisotopic (exact) mass is 285 g/mol. The van der Waals surface area contributed by atoms with E-state index in [2.05, 4.69) is 0 Å². The van der Waals surface area contributed by atoms with Gasteiger partial charge in [-0.2, -0.15) is 13.2 Å². The number of alkyl halides is 3. The second kappa shape index (κ2) is 4.75. The van der Waals surface area contributed by atoms with E-state index in [-0.39, 0.29) is 11.3 Å². The minimum Gasteiger partial charge on any atom is -0.372 e. The Morgan fingerprint density at radius 3 is 2.40 bits per heavy atom. The van der Waals surface area contributed by atoms with Crippen LogP contribution in [0.5, 0.6) is 0 Å². The zero-order valence-electron chi connectivity index (χ0n) is 10.1. The van der Waals surface area contributed by atoms with Crippen molar-refractivity contribution < 1.29 is 27.9 Å². The summed E-state index contributed by atoms with van der Waals surface area (Å²) in [7, 11) is 0. The van der Waals surface area contributed by atoms with Gasteiger partial charge in [0.2, 0.25) is 5.60 Å². The summed E-state index contributed by atoms with van der Waals surface area (Å²) in [6, 6.07) is 7.87. The first-order valence-corrected chi connectivity index (χ1v) is 5.64. The van der Waals surface area contributed by atoms with Crippen molar-refractivity contribution >= 4 is 11.7 Å². The lowest BCUT2D eigenvalue weighted by atomic mass is 10.00. The Hall–Kier alpha value is -2.15. The van der Waals surface area contributed by atoms with Crippen molar-refractivity contribution in [2.45, 2.75) is 18.2 Å². The molecule has 2 N–H and O–H groups in total. The summed E-state index contributed by atoms with van der Waals surface area (Å²) in [6.07, 6.45) is -5.20. The third kappa shape index (κ3) is 2.44. The first kappa shape index (κ1) is 14.3. The van der Waals surface area contributed by atoms with Crippen LogP contribution in [0.25, 0.3) is 0 Å². The Bertz CT molecular complexity index is 580. The molecule has 1 aliphatic heterocycles. The highest BCUT2D eigenvalue weighted by molar-refractivity contribution is 6.05. The number of benzene rings is 1. The number of hydrogen-bond acceptors (Lipinski definition) is 3. The lowest BCUT2D eigenvalue weighted by molar-refractivity contribution is -0.246. The van der Waals surface area contributed by atoms with Gasteiger partial charge in [-0.15, -0.1) is 0 Å². The largest absolute Gasteiger partial charge is 0.426 e. The normalized spacial score (nSPS) is 24.8. The van der Waals surface area contributed by atoms with Crippen molar-refractivity contribution in [3.05, 3.63) is 47.7 Å². The SMILES string of the molecule is O=C(/C=C1/C[C@@](O)(C(F)(F)F)C(=O)N1)c1ccccc1. The smallest absolute Gasteiger partial charge is 0.372 e. The molecule has 0 radical (unpaired) electrons. The van der Waals surface area contributed by atoms with Crippen LogP contribution in [0, 0.1) is 0 Å². The fourth-order valence-corrected chi connectivity index (χ4v) is 1.81. The van der Waals surface area contributed by atoms with Gasteiger partial charge in [0.05, 0.1) is 0 Å². The molecule has 1 heterocycles. The Kier molecular flexibility index (Phi) is 3.39. The average Bonchev–Trinajstić information content (AvgIpc) is 2.66. The Morgan fingerprint density at radius 2 is 1.90 bits per heavy atom. The maximum absolute atomic E-state index is 12.6. The van der Waals surface area contributed by atoms with Crippen molar-refractivity contribution in [2.24, 2.45) is 0 Å². The molecule has 1 saturated heterocycles. The van der Waals surface area contributed by atoms with E-state index in [4.69, 9.17) is 0 Å². The third-order valence-corrected chi connectivity index (χ3v) is 2.93. The summed E-state index contributed by atoms with van der Waals surface area (Å²) < 4.78 is 37.8. The fourth-order valence-electron chi connectivity index (χ4n) is 1.81. The van der Waals surface area contributed by atoms with Gasteiger partial charge in [-0.05, 0) is 0 Å². The van der Waals surface area contributed by atoms with E-state index in [1.807, 2.05) is 5.32 Å². The number of aliphatic hydroxyl groups is 1. The third-order valence-electron chi connectivity index (χ3n) is 2.93.